The minimum Gasteiger partial charge on any atom is -0.377 e. The Hall–Kier alpha value is -1.11. The second-order valence-corrected chi connectivity index (χ2v) is 4.72. The van der Waals surface area contributed by atoms with E-state index < -0.39 is 0 Å². The highest BCUT2D eigenvalue weighted by molar-refractivity contribution is 14.1. The van der Waals surface area contributed by atoms with E-state index in [0.717, 1.165) is 17.3 Å². The van der Waals surface area contributed by atoms with Crippen molar-refractivity contribution in [3.63, 3.8) is 0 Å². The first-order valence-electron chi connectivity index (χ1n) is 5.02. The highest BCUT2D eigenvalue weighted by atomic mass is 127. The summed E-state index contributed by atoms with van der Waals surface area (Å²) in [5.74, 6) is 1.87. The van der Waals surface area contributed by atoms with E-state index in [9.17, 15) is 0 Å². The number of aromatic nitrogens is 3. The Kier molecular flexibility index (Phi) is 3.42. The van der Waals surface area contributed by atoms with E-state index in [-0.39, 0.29) is 0 Å². The molecule has 0 saturated carbocycles. The Morgan fingerprint density at radius 2 is 2.06 bits per heavy atom. The molecular weight excluding hydrogens is 315 g/mol. The third-order valence-corrected chi connectivity index (χ3v) is 3.43. The molecule has 0 aliphatic heterocycles. The van der Waals surface area contributed by atoms with Gasteiger partial charge in [0.1, 0.15) is 5.82 Å². The van der Waals surface area contributed by atoms with Gasteiger partial charge in [-0.15, -0.1) is 10.2 Å². The van der Waals surface area contributed by atoms with Crippen molar-refractivity contribution in [1.29, 1.82) is 0 Å². The van der Waals surface area contributed by atoms with E-state index >= 15 is 0 Å². The topological polar surface area (TPSA) is 42.7 Å². The average Bonchev–Trinajstić information content (AvgIpc) is 2.59. The molecule has 2 aromatic rings. The zero-order chi connectivity index (χ0) is 11.5. The lowest BCUT2D eigenvalue weighted by Gasteiger charge is -2.07. The van der Waals surface area contributed by atoms with Crippen LogP contribution in [0.25, 0.3) is 0 Å². The molecule has 1 N–H and O–H groups in total. The maximum atomic E-state index is 4.11. The van der Waals surface area contributed by atoms with Gasteiger partial charge < -0.3 is 9.88 Å². The minimum atomic E-state index is 0.692. The van der Waals surface area contributed by atoms with Crippen LogP contribution in [0.1, 0.15) is 11.6 Å². The van der Waals surface area contributed by atoms with E-state index in [1.807, 2.05) is 30.7 Å². The van der Waals surface area contributed by atoms with E-state index in [2.05, 4.69) is 50.2 Å². The van der Waals surface area contributed by atoms with Crippen LogP contribution in [0.3, 0.4) is 0 Å². The van der Waals surface area contributed by atoms with E-state index in [1.54, 1.807) is 0 Å². The zero-order valence-corrected chi connectivity index (χ0v) is 11.4. The molecule has 0 radical (unpaired) electrons. The summed E-state index contributed by atoms with van der Waals surface area (Å²) in [4.78, 5) is 0. The molecule has 0 aliphatic carbocycles. The van der Waals surface area contributed by atoms with Gasteiger partial charge in [-0.3, -0.25) is 0 Å². The molecule has 0 spiro atoms. The molecule has 2 rings (SSSR count). The second-order valence-electron chi connectivity index (χ2n) is 3.56. The van der Waals surface area contributed by atoms with Gasteiger partial charge in [0, 0.05) is 16.3 Å². The quantitative estimate of drug-likeness (QED) is 0.880. The number of benzene rings is 1. The highest BCUT2D eigenvalue weighted by Crippen LogP contribution is 2.17. The Morgan fingerprint density at radius 1 is 1.31 bits per heavy atom. The number of nitrogens with one attached hydrogen (secondary N) is 1. The van der Waals surface area contributed by atoms with Crippen LogP contribution in [0.15, 0.2) is 24.3 Å². The smallest absolute Gasteiger partial charge is 0.152 e. The fraction of sp³-hybridized carbons (Fsp3) is 0.273. The van der Waals surface area contributed by atoms with Crippen LogP contribution in [0.4, 0.5) is 5.69 Å². The Labute approximate surface area is 108 Å². The first-order valence-corrected chi connectivity index (χ1v) is 6.09. The summed E-state index contributed by atoms with van der Waals surface area (Å²) in [7, 11) is 1.97. The number of hydrogen-bond acceptors (Lipinski definition) is 3. The highest BCUT2D eigenvalue weighted by Gasteiger charge is 2.04. The molecule has 0 unspecified atom stereocenters. The third-order valence-electron chi connectivity index (χ3n) is 2.49. The molecule has 0 amide bonds. The van der Waals surface area contributed by atoms with Crippen molar-refractivity contribution in [3.05, 3.63) is 39.5 Å². The van der Waals surface area contributed by atoms with E-state index in [1.165, 1.54) is 3.57 Å². The number of hydrogen-bond donors (Lipinski definition) is 1. The molecule has 0 bridgehead atoms. The van der Waals surface area contributed by atoms with E-state index in [4.69, 9.17) is 0 Å². The Morgan fingerprint density at radius 3 is 2.69 bits per heavy atom. The normalized spacial score (nSPS) is 10.4. The fourth-order valence-corrected chi connectivity index (χ4v) is 1.96. The third kappa shape index (κ3) is 2.34. The summed E-state index contributed by atoms with van der Waals surface area (Å²) in [5, 5.41) is 11.5. The molecule has 16 heavy (non-hydrogen) atoms. The molecule has 1 aromatic carbocycles. The molecule has 84 valence electrons. The van der Waals surface area contributed by atoms with Crippen molar-refractivity contribution in [2.24, 2.45) is 7.05 Å². The number of nitrogens with zero attached hydrogens (tertiary/aromatic N) is 3. The van der Waals surface area contributed by atoms with Gasteiger partial charge in [0.15, 0.2) is 5.82 Å². The fourth-order valence-electron chi connectivity index (χ4n) is 1.38. The molecule has 1 aromatic heterocycles. The molecule has 5 heteroatoms. The van der Waals surface area contributed by atoms with Gasteiger partial charge in [-0.25, -0.2) is 0 Å². The zero-order valence-electron chi connectivity index (χ0n) is 9.24. The monoisotopic (exact) mass is 328 g/mol. The van der Waals surface area contributed by atoms with Crippen molar-refractivity contribution in [3.8, 4) is 0 Å². The Bertz CT molecular complexity index is 492. The lowest BCUT2D eigenvalue weighted by Crippen LogP contribution is -2.07. The van der Waals surface area contributed by atoms with Crippen molar-refractivity contribution < 1.29 is 0 Å². The molecular formula is C11H13IN4. The lowest BCUT2D eigenvalue weighted by molar-refractivity contribution is 0.789. The first kappa shape index (κ1) is 11.4. The molecule has 0 aliphatic rings. The molecule has 4 nitrogen and oxygen atoms in total. The van der Waals surface area contributed by atoms with Gasteiger partial charge in [0.25, 0.3) is 0 Å². The van der Waals surface area contributed by atoms with Gasteiger partial charge in [-0.05, 0) is 41.6 Å². The van der Waals surface area contributed by atoms with Crippen LogP contribution < -0.4 is 5.32 Å². The number of para-hydroxylation sites is 1. The summed E-state index contributed by atoms with van der Waals surface area (Å²) < 4.78 is 3.20. The maximum absolute atomic E-state index is 4.11. The van der Waals surface area contributed by atoms with Crippen LogP contribution >= 0.6 is 22.6 Å². The second kappa shape index (κ2) is 4.82. The van der Waals surface area contributed by atoms with Crippen LogP contribution in [0.5, 0.6) is 0 Å². The van der Waals surface area contributed by atoms with E-state index in [0.29, 0.717) is 6.54 Å². The molecule has 0 atom stereocenters. The standard InChI is InChI=1S/C11H13IN4/c1-8-14-15-11(16(8)2)7-13-10-6-4-3-5-9(10)12/h3-6,13H,7H2,1-2H3. The summed E-state index contributed by atoms with van der Waals surface area (Å²) in [6.45, 7) is 2.64. The van der Waals surface area contributed by atoms with Gasteiger partial charge in [0.05, 0.1) is 6.54 Å². The Balaban J connectivity index is 2.08. The molecule has 1 heterocycles. The summed E-state index contributed by atoms with van der Waals surface area (Å²) >= 11 is 2.31. The lowest BCUT2D eigenvalue weighted by atomic mass is 10.3. The van der Waals surface area contributed by atoms with Gasteiger partial charge in [0.2, 0.25) is 0 Å². The van der Waals surface area contributed by atoms with Crippen molar-refractivity contribution in [2.75, 3.05) is 5.32 Å². The molecule has 0 saturated heterocycles. The maximum Gasteiger partial charge on any atom is 0.152 e. The van der Waals surface area contributed by atoms with Gasteiger partial charge >= 0.3 is 0 Å². The van der Waals surface area contributed by atoms with Crippen molar-refractivity contribution >= 4 is 28.3 Å². The summed E-state index contributed by atoms with van der Waals surface area (Å²) in [6.07, 6.45) is 0. The minimum absolute atomic E-state index is 0.692. The number of aryl methyl sites for hydroxylation is 1. The van der Waals surface area contributed by atoms with Crippen LogP contribution in [0.2, 0.25) is 0 Å². The van der Waals surface area contributed by atoms with Crippen LogP contribution in [-0.4, -0.2) is 14.8 Å². The number of rotatable bonds is 3. The van der Waals surface area contributed by atoms with Gasteiger partial charge in [-0.2, -0.15) is 0 Å². The molecule has 0 fully saturated rings. The van der Waals surface area contributed by atoms with Gasteiger partial charge in [-0.1, -0.05) is 12.1 Å². The van der Waals surface area contributed by atoms with Crippen molar-refractivity contribution in [1.82, 2.24) is 14.8 Å². The SMILES string of the molecule is Cc1nnc(CNc2ccccc2I)n1C. The van der Waals surface area contributed by atoms with Crippen LogP contribution in [-0.2, 0) is 13.6 Å². The largest absolute Gasteiger partial charge is 0.377 e. The summed E-state index contributed by atoms with van der Waals surface area (Å²) in [6, 6.07) is 8.18. The average molecular weight is 328 g/mol. The number of halogens is 1. The first-order chi connectivity index (χ1) is 7.68. The predicted molar refractivity (Wildman–Crippen MR) is 72.2 cm³/mol. The predicted octanol–water partition coefficient (Wildman–Crippen LogP) is 2.34. The van der Waals surface area contributed by atoms with Crippen LogP contribution in [0, 0.1) is 10.5 Å². The van der Waals surface area contributed by atoms with Crippen molar-refractivity contribution in [2.45, 2.75) is 13.5 Å². The number of anilines is 1. The summed E-state index contributed by atoms with van der Waals surface area (Å²) in [5.41, 5.74) is 1.13.